The van der Waals surface area contributed by atoms with Crippen LogP contribution >= 0.6 is 0 Å². The molecule has 0 bridgehead atoms. The molecule has 0 amide bonds. The third-order valence-corrected chi connectivity index (χ3v) is 3.53. The fraction of sp³-hybridized carbons (Fsp3) is 0.0455. The Morgan fingerprint density at radius 1 is 0.739 bits per heavy atom. The second-order valence-corrected chi connectivity index (χ2v) is 5.24. The van der Waals surface area contributed by atoms with E-state index in [0.717, 1.165) is 5.56 Å². The summed E-state index contributed by atoms with van der Waals surface area (Å²) in [4.78, 5) is 12.4. The maximum atomic E-state index is 12.4. The Morgan fingerprint density at radius 3 is 2.13 bits per heavy atom. The number of ketones is 1. The number of benzene rings is 3. The standard InChI is InChI=1S/C22H16O/c23-22(20-14-5-2-6-15-20)21-16-8-13-19(17-21)12-7-11-18-9-3-1-4-10-18/h1-6,8-10,13-17H,11H2. The van der Waals surface area contributed by atoms with Gasteiger partial charge in [-0.05, 0) is 17.7 Å². The summed E-state index contributed by atoms with van der Waals surface area (Å²) < 4.78 is 0. The van der Waals surface area contributed by atoms with Crippen molar-refractivity contribution in [2.24, 2.45) is 0 Å². The van der Waals surface area contributed by atoms with E-state index in [1.807, 2.05) is 72.8 Å². The number of hydrogen-bond acceptors (Lipinski definition) is 1. The van der Waals surface area contributed by atoms with Crippen molar-refractivity contribution >= 4 is 5.78 Å². The lowest BCUT2D eigenvalue weighted by Gasteiger charge is -2.01. The lowest BCUT2D eigenvalue weighted by atomic mass is 10.0. The molecule has 0 fully saturated rings. The molecule has 0 saturated carbocycles. The molecular weight excluding hydrogens is 280 g/mol. The average Bonchev–Trinajstić information content (AvgIpc) is 2.63. The molecule has 110 valence electrons. The van der Waals surface area contributed by atoms with Crippen LogP contribution in [0.4, 0.5) is 0 Å². The van der Waals surface area contributed by atoms with Crippen LogP contribution in [0, 0.1) is 11.8 Å². The van der Waals surface area contributed by atoms with Crippen LogP contribution in [0.2, 0.25) is 0 Å². The van der Waals surface area contributed by atoms with Gasteiger partial charge < -0.3 is 0 Å². The molecule has 0 radical (unpaired) electrons. The molecule has 0 N–H and O–H groups in total. The monoisotopic (exact) mass is 296 g/mol. The van der Waals surface area contributed by atoms with Crippen LogP contribution in [0.1, 0.15) is 27.0 Å². The van der Waals surface area contributed by atoms with Gasteiger partial charge in [0.2, 0.25) is 0 Å². The fourth-order valence-electron chi connectivity index (χ4n) is 2.34. The minimum absolute atomic E-state index is 0.0253. The number of hydrogen-bond donors (Lipinski definition) is 0. The molecule has 0 heterocycles. The highest BCUT2D eigenvalue weighted by atomic mass is 16.1. The fourth-order valence-corrected chi connectivity index (χ4v) is 2.34. The van der Waals surface area contributed by atoms with Crippen LogP contribution in [0.5, 0.6) is 0 Å². The first-order valence-electron chi connectivity index (χ1n) is 7.55. The Morgan fingerprint density at radius 2 is 1.39 bits per heavy atom. The highest BCUT2D eigenvalue weighted by Gasteiger charge is 2.08. The largest absolute Gasteiger partial charge is 0.289 e. The van der Waals surface area contributed by atoms with Gasteiger partial charge in [0.05, 0.1) is 0 Å². The van der Waals surface area contributed by atoms with Gasteiger partial charge in [-0.3, -0.25) is 4.79 Å². The summed E-state index contributed by atoms with van der Waals surface area (Å²) in [5, 5.41) is 0. The molecule has 0 aliphatic rings. The second kappa shape index (κ2) is 7.24. The van der Waals surface area contributed by atoms with Gasteiger partial charge in [-0.1, -0.05) is 84.6 Å². The summed E-state index contributed by atoms with van der Waals surface area (Å²) in [6.45, 7) is 0. The molecule has 0 aliphatic heterocycles. The highest BCUT2D eigenvalue weighted by molar-refractivity contribution is 6.09. The maximum Gasteiger partial charge on any atom is 0.193 e. The molecule has 0 aromatic heterocycles. The molecule has 3 rings (SSSR count). The molecule has 3 aromatic rings. The first-order chi connectivity index (χ1) is 11.3. The highest BCUT2D eigenvalue weighted by Crippen LogP contribution is 2.11. The van der Waals surface area contributed by atoms with E-state index < -0.39 is 0 Å². The van der Waals surface area contributed by atoms with E-state index in [4.69, 9.17) is 0 Å². The Balaban J connectivity index is 1.77. The lowest BCUT2D eigenvalue weighted by molar-refractivity contribution is 0.103. The van der Waals surface area contributed by atoms with Gasteiger partial charge in [-0.25, -0.2) is 0 Å². The van der Waals surface area contributed by atoms with Gasteiger partial charge in [0.25, 0.3) is 0 Å². The van der Waals surface area contributed by atoms with E-state index in [1.165, 1.54) is 5.56 Å². The van der Waals surface area contributed by atoms with Crippen LogP contribution in [-0.2, 0) is 6.42 Å². The first-order valence-corrected chi connectivity index (χ1v) is 7.55. The minimum atomic E-state index is 0.0253. The zero-order chi connectivity index (χ0) is 15.9. The van der Waals surface area contributed by atoms with Crippen LogP contribution in [0.25, 0.3) is 0 Å². The first kappa shape index (κ1) is 14.8. The maximum absolute atomic E-state index is 12.4. The molecular formula is C22H16O. The van der Waals surface area contributed by atoms with E-state index in [1.54, 1.807) is 0 Å². The SMILES string of the molecule is O=C(c1ccccc1)c1cccc(C#CCc2ccccc2)c1. The third kappa shape index (κ3) is 3.96. The van der Waals surface area contributed by atoms with Crippen molar-refractivity contribution in [3.8, 4) is 11.8 Å². The molecule has 0 saturated heterocycles. The van der Waals surface area contributed by atoms with Gasteiger partial charge >= 0.3 is 0 Å². The van der Waals surface area contributed by atoms with Crippen molar-refractivity contribution in [3.63, 3.8) is 0 Å². The quantitative estimate of drug-likeness (QED) is 0.513. The van der Waals surface area contributed by atoms with Crippen LogP contribution < -0.4 is 0 Å². The van der Waals surface area contributed by atoms with E-state index >= 15 is 0 Å². The van der Waals surface area contributed by atoms with Crippen molar-refractivity contribution < 1.29 is 4.79 Å². The van der Waals surface area contributed by atoms with Crippen molar-refractivity contribution in [3.05, 3.63) is 107 Å². The molecule has 3 aromatic carbocycles. The topological polar surface area (TPSA) is 17.1 Å². The number of rotatable bonds is 3. The average molecular weight is 296 g/mol. The summed E-state index contributed by atoms with van der Waals surface area (Å²) >= 11 is 0. The Hall–Kier alpha value is -3.11. The summed E-state index contributed by atoms with van der Waals surface area (Å²) in [5.74, 6) is 6.33. The normalized spacial score (nSPS) is 9.74. The summed E-state index contributed by atoms with van der Waals surface area (Å²) in [6.07, 6.45) is 0.706. The molecule has 23 heavy (non-hydrogen) atoms. The van der Waals surface area contributed by atoms with E-state index in [0.29, 0.717) is 17.5 Å². The predicted molar refractivity (Wildman–Crippen MR) is 93.3 cm³/mol. The molecule has 1 heteroatoms. The minimum Gasteiger partial charge on any atom is -0.289 e. The Kier molecular flexibility index (Phi) is 4.66. The number of carbonyl (C=O) groups is 1. The van der Waals surface area contributed by atoms with Gasteiger partial charge in [0, 0.05) is 23.1 Å². The third-order valence-electron chi connectivity index (χ3n) is 3.53. The predicted octanol–water partition coefficient (Wildman–Crippen LogP) is 4.51. The molecule has 0 unspecified atom stereocenters. The van der Waals surface area contributed by atoms with E-state index in [9.17, 15) is 4.79 Å². The summed E-state index contributed by atoms with van der Waals surface area (Å²) in [6, 6.07) is 26.9. The van der Waals surface area contributed by atoms with E-state index in [2.05, 4.69) is 24.0 Å². The lowest BCUT2D eigenvalue weighted by Crippen LogP contribution is -2.00. The summed E-state index contributed by atoms with van der Waals surface area (Å²) in [7, 11) is 0. The zero-order valence-corrected chi connectivity index (χ0v) is 12.7. The molecule has 1 nitrogen and oxygen atoms in total. The van der Waals surface area contributed by atoms with Crippen molar-refractivity contribution in [1.29, 1.82) is 0 Å². The van der Waals surface area contributed by atoms with Gasteiger partial charge in [0.15, 0.2) is 5.78 Å². The number of carbonyl (C=O) groups excluding carboxylic acids is 1. The molecule has 0 aliphatic carbocycles. The van der Waals surface area contributed by atoms with Crippen LogP contribution in [0.3, 0.4) is 0 Å². The van der Waals surface area contributed by atoms with Crippen LogP contribution in [-0.4, -0.2) is 5.78 Å². The molecule has 0 spiro atoms. The smallest absolute Gasteiger partial charge is 0.193 e. The van der Waals surface area contributed by atoms with Crippen LogP contribution in [0.15, 0.2) is 84.9 Å². The van der Waals surface area contributed by atoms with Gasteiger partial charge in [-0.15, -0.1) is 0 Å². The van der Waals surface area contributed by atoms with Crippen molar-refractivity contribution in [2.45, 2.75) is 6.42 Å². The van der Waals surface area contributed by atoms with Crippen molar-refractivity contribution in [2.75, 3.05) is 0 Å². The van der Waals surface area contributed by atoms with E-state index in [-0.39, 0.29) is 5.78 Å². The second-order valence-electron chi connectivity index (χ2n) is 5.24. The van der Waals surface area contributed by atoms with Gasteiger partial charge in [0.1, 0.15) is 0 Å². The molecule has 0 atom stereocenters. The van der Waals surface area contributed by atoms with Gasteiger partial charge in [-0.2, -0.15) is 0 Å². The zero-order valence-electron chi connectivity index (χ0n) is 12.7. The Labute approximate surface area is 136 Å². The van der Waals surface area contributed by atoms with Crippen molar-refractivity contribution in [1.82, 2.24) is 0 Å². The summed E-state index contributed by atoms with van der Waals surface area (Å²) in [5.41, 5.74) is 3.42. The Bertz CT molecular complexity index is 852.